The fourth-order valence-electron chi connectivity index (χ4n) is 2.43. The van der Waals surface area contributed by atoms with Crippen LogP contribution >= 0.6 is 0 Å². The summed E-state index contributed by atoms with van der Waals surface area (Å²) in [5, 5.41) is 33.4. The van der Waals surface area contributed by atoms with Crippen LogP contribution in [-0.4, -0.2) is 37.2 Å². The summed E-state index contributed by atoms with van der Waals surface area (Å²) in [6.07, 6.45) is 1.47. The molecule has 0 fully saturated rings. The molecule has 28 heavy (non-hydrogen) atoms. The van der Waals surface area contributed by atoms with E-state index in [1.807, 2.05) is 0 Å². The second-order valence-electron chi connectivity index (χ2n) is 5.82. The maximum Gasteiger partial charge on any atom is 0.339 e. The number of rotatable bonds is 7. The highest BCUT2D eigenvalue weighted by molar-refractivity contribution is 5.92. The zero-order valence-corrected chi connectivity index (χ0v) is 14.5. The van der Waals surface area contributed by atoms with E-state index in [0.717, 1.165) is 0 Å². The molecule has 5 N–H and O–H groups in total. The lowest BCUT2D eigenvalue weighted by Crippen LogP contribution is -2.02. The summed E-state index contributed by atoms with van der Waals surface area (Å²) < 4.78 is 0. The number of phenols is 1. The van der Waals surface area contributed by atoms with Crippen molar-refractivity contribution in [1.82, 2.24) is 9.97 Å². The Morgan fingerprint density at radius 3 is 2.32 bits per heavy atom. The van der Waals surface area contributed by atoms with Gasteiger partial charge in [0.15, 0.2) is 0 Å². The van der Waals surface area contributed by atoms with Gasteiger partial charge >= 0.3 is 11.9 Å². The normalized spacial score (nSPS) is 10.3. The highest BCUT2D eigenvalue weighted by Crippen LogP contribution is 2.24. The molecule has 9 heteroatoms. The van der Waals surface area contributed by atoms with Crippen molar-refractivity contribution in [2.45, 2.75) is 6.42 Å². The van der Waals surface area contributed by atoms with Gasteiger partial charge in [-0.15, -0.1) is 0 Å². The predicted octanol–water partition coefficient (Wildman–Crippen LogP) is 2.99. The number of aromatic nitrogens is 2. The van der Waals surface area contributed by atoms with Crippen molar-refractivity contribution in [2.75, 3.05) is 10.6 Å². The Balaban J connectivity index is 1.73. The van der Waals surface area contributed by atoms with Crippen molar-refractivity contribution in [3.63, 3.8) is 0 Å². The molecule has 2 aromatic carbocycles. The topological polar surface area (TPSA) is 145 Å². The molecule has 1 heterocycles. The van der Waals surface area contributed by atoms with Crippen LogP contribution in [0.15, 0.2) is 54.7 Å². The molecular weight excluding hydrogens is 364 g/mol. The Bertz CT molecular complexity index is 1020. The SMILES string of the molecule is O=C(O)Cc1ccc(Nc2nccc(Nc3ccc(O)c(C(=O)O)c3)n2)cc1. The zero-order chi connectivity index (χ0) is 20.1. The van der Waals surface area contributed by atoms with E-state index in [9.17, 15) is 14.7 Å². The van der Waals surface area contributed by atoms with Crippen LogP contribution in [0.1, 0.15) is 15.9 Å². The van der Waals surface area contributed by atoms with Gasteiger partial charge in [0.2, 0.25) is 5.95 Å². The average Bonchev–Trinajstić information content (AvgIpc) is 2.65. The molecule has 0 unspecified atom stereocenters. The summed E-state index contributed by atoms with van der Waals surface area (Å²) >= 11 is 0. The quantitative estimate of drug-likeness (QED) is 0.390. The maximum absolute atomic E-state index is 11.1. The minimum atomic E-state index is -1.24. The summed E-state index contributed by atoms with van der Waals surface area (Å²) in [4.78, 5) is 30.2. The molecule has 9 nitrogen and oxygen atoms in total. The molecule has 3 rings (SSSR count). The first-order valence-electron chi connectivity index (χ1n) is 8.15. The van der Waals surface area contributed by atoms with E-state index >= 15 is 0 Å². The third kappa shape index (κ3) is 4.73. The van der Waals surface area contributed by atoms with Crippen LogP contribution in [0.4, 0.5) is 23.1 Å². The second-order valence-corrected chi connectivity index (χ2v) is 5.82. The van der Waals surface area contributed by atoms with Crippen molar-refractivity contribution in [3.05, 3.63) is 65.9 Å². The van der Waals surface area contributed by atoms with Crippen LogP contribution in [0, 0.1) is 0 Å². The summed E-state index contributed by atoms with van der Waals surface area (Å²) in [6.45, 7) is 0. The first-order valence-corrected chi connectivity index (χ1v) is 8.15. The predicted molar refractivity (Wildman–Crippen MR) is 101 cm³/mol. The number of aromatic hydroxyl groups is 1. The maximum atomic E-state index is 11.1. The molecule has 142 valence electrons. The Morgan fingerprint density at radius 1 is 0.929 bits per heavy atom. The summed E-state index contributed by atoms with van der Waals surface area (Å²) in [5.74, 6) is -1.75. The molecule has 0 saturated carbocycles. The number of aliphatic carboxylic acids is 1. The number of carboxylic acid groups (broad SMARTS) is 2. The van der Waals surface area contributed by atoms with Crippen molar-refractivity contribution < 1.29 is 24.9 Å². The number of hydrogen-bond acceptors (Lipinski definition) is 7. The van der Waals surface area contributed by atoms with Crippen LogP contribution in [0.2, 0.25) is 0 Å². The highest BCUT2D eigenvalue weighted by Gasteiger charge is 2.10. The fourth-order valence-corrected chi connectivity index (χ4v) is 2.43. The summed E-state index contributed by atoms with van der Waals surface area (Å²) in [6, 6.07) is 12.6. The van der Waals surface area contributed by atoms with Crippen molar-refractivity contribution in [1.29, 1.82) is 0 Å². The molecule has 0 spiro atoms. The Kier molecular flexibility index (Phi) is 5.35. The van der Waals surface area contributed by atoms with E-state index in [-0.39, 0.29) is 17.7 Å². The molecule has 3 aromatic rings. The zero-order valence-electron chi connectivity index (χ0n) is 14.5. The van der Waals surface area contributed by atoms with Gasteiger partial charge in [-0.25, -0.2) is 9.78 Å². The molecule has 0 aliphatic rings. The number of anilines is 4. The summed E-state index contributed by atoms with van der Waals surface area (Å²) in [5.41, 5.74) is 1.58. The third-order valence-electron chi connectivity index (χ3n) is 3.72. The first-order chi connectivity index (χ1) is 13.4. The largest absolute Gasteiger partial charge is 0.507 e. The molecule has 1 aromatic heterocycles. The molecule has 0 amide bonds. The second kappa shape index (κ2) is 8.04. The van der Waals surface area contributed by atoms with Crippen LogP contribution < -0.4 is 10.6 Å². The lowest BCUT2D eigenvalue weighted by Gasteiger charge is -2.10. The number of aromatic carboxylic acids is 1. The summed E-state index contributed by atoms with van der Waals surface area (Å²) in [7, 11) is 0. The molecule has 0 radical (unpaired) electrons. The van der Waals surface area contributed by atoms with Gasteiger partial charge in [-0.2, -0.15) is 4.98 Å². The number of benzene rings is 2. The molecule has 0 bridgehead atoms. The number of carbonyl (C=O) groups is 2. The number of hydrogen-bond donors (Lipinski definition) is 5. The molecule has 0 saturated heterocycles. The van der Waals surface area contributed by atoms with E-state index in [4.69, 9.17) is 10.2 Å². The molecule has 0 aliphatic heterocycles. The fraction of sp³-hybridized carbons (Fsp3) is 0.0526. The Hall–Kier alpha value is -4.14. The van der Waals surface area contributed by atoms with E-state index in [1.54, 1.807) is 30.3 Å². The third-order valence-corrected chi connectivity index (χ3v) is 3.72. The minimum absolute atomic E-state index is 0.0544. The van der Waals surface area contributed by atoms with Crippen LogP contribution in [0.5, 0.6) is 5.75 Å². The molecule has 0 aliphatic carbocycles. The van der Waals surface area contributed by atoms with Gasteiger partial charge in [0.25, 0.3) is 0 Å². The Labute approximate surface area is 159 Å². The van der Waals surface area contributed by atoms with E-state index in [0.29, 0.717) is 28.7 Å². The van der Waals surface area contributed by atoms with E-state index < -0.39 is 11.9 Å². The van der Waals surface area contributed by atoms with Gasteiger partial charge < -0.3 is 26.0 Å². The van der Waals surface area contributed by atoms with Crippen molar-refractivity contribution in [2.24, 2.45) is 0 Å². The van der Waals surface area contributed by atoms with Gasteiger partial charge in [0.1, 0.15) is 17.1 Å². The molecule has 0 atom stereocenters. The van der Waals surface area contributed by atoms with Gasteiger partial charge in [0, 0.05) is 17.6 Å². The number of nitrogens with one attached hydrogen (secondary N) is 2. The van der Waals surface area contributed by atoms with Gasteiger partial charge in [-0.1, -0.05) is 12.1 Å². The smallest absolute Gasteiger partial charge is 0.339 e. The van der Waals surface area contributed by atoms with E-state index in [2.05, 4.69) is 20.6 Å². The monoisotopic (exact) mass is 380 g/mol. The van der Waals surface area contributed by atoms with Gasteiger partial charge in [0.05, 0.1) is 6.42 Å². The van der Waals surface area contributed by atoms with Crippen LogP contribution in [0.25, 0.3) is 0 Å². The average molecular weight is 380 g/mol. The van der Waals surface area contributed by atoms with Gasteiger partial charge in [-0.05, 0) is 42.0 Å². The number of carboxylic acids is 2. The lowest BCUT2D eigenvalue weighted by molar-refractivity contribution is -0.136. The van der Waals surface area contributed by atoms with Crippen LogP contribution in [0.3, 0.4) is 0 Å². The number of nitrogens with zero attached hydrogens (tertiary/aromatic N) is 2. The van der Waals surface area contributed by atoms with Crippen molar-refractivity contribution in [3.8, 4) is 5.75 Å². The lowest BCUT2D eigenvalue weighted by atomic mass is 10.1. The van der Waals surface area contributed by atoms with E-state index in [1.165, 1.54) is 24.4 Å². The first kappa shape index (κ1) is 18.6. The molecular formula is C19H16N4O5. The standard InChI is InChI=1S/C19H16N4O5/c24-15-6-5-13(10-14(15)18(27)28)21-16-7-8-20-19(23-16)22-12-3-1-11(2-4-12)9-17(25)26/h1-8,10,24H,9H2,(H,25,26)(H,27,28)(H2,20,21,22,23). The Morgan fingerprint density at radius 2 is 1.64 bits per heavy atom. The van der Waals surface area contributed by atoms with Crippen LogP contribution in [-0.2, 0) is 11.2 Å². The van der Waals surface area contributed by atoms with Gasteiger partial charge in [-0.3, -0.25) is 4.79 Å². The minimum Gasteiger partial charge on any atom is -0.507 e. The van der Waals surface area contributed by atoms with Crippen molar-refractivity contribution >= 4 is 35.1 Å². The highest BCUT2D eigenvalue weighted by atomic mass is 16.4.